The molecule has 0 aliphatic carbocycles. The molecule has 73 heavy (non-hydrogen) atoms. The van der Waals surface area contributed by atoms with Crippen LogP contribution in [0, 0.1) is 116 Å². The largest absolute Gasteiger partial charge is 0.294 e. The van der Waals surface area contributed by atoms with E-state index in [1.165, 1.54) is 44.9 Å². The van der Waals surface area contributed by atoms with Gasteiger partial charge in [0.2, 0.25) is 12.3 Å². The summed E-state index contributed by atoms with van der Waals surface area (Å²) in [5.74, 6) is -71.1. The van der Waals surface area contributed by atoms with E-state index in [4.69, 9.17) is 0 Å². The molecule has 0 saturated heterocycles. The second-order valence-electron chi connectivity index (χ2n) is 16.4. The number of Topliss-reactive ketones (excluding diaryl/α,β-unsaturated/α-hetero) is 2. The summed E-state index contributed by atoms with van der Waals surface area (Å²) in [6.45, 7) is 2.53. The van der Waals surface area contributed by atoms with Crippen molar-refractivity contribution >= 4 is 39.6 Å². The van der Waals surface area contributed by atoms with Crippen LogP contribution in [0.1, 0.15) is 91.8 Å². The molecular weight excluding hydrogens is 1030 g/mol. The summed E-state index contributed by atoms with van der Waals surface area (Å²) in [5, 5.41) is 0. The minimum atomic E-state index is -7.22. The molecule has 0 fully saturated rings. The highest BCUT2D eigenvalue weighted by Gasteiger charge is 2.52. The molecule has 0 radical (unpaired) electrons. The Bertz CT molecular complexity index is 2660. The first-order chi connectivity index (χ1) is 34.4. The van der Waals surface area contributed by atoms with E-state index in [2.05, 4.69) is 6.92 Å². The number of aromatic nitrogens is 1. The highest BCUT2D eigenvalue weighted by Crippen LogP contribution is 2.31. The Kier molecular flexibility index (Phi) is 18.7. The lowest BCUT2D eigenvalue weighted by atomic mass is 9.12. The fourth-order valence-electron chi connectivity index (χ4n) is 8.24. The van der Waals surface area contributed by atoms with E-state index in [1.807, 2.05) is 59.4 Å². The third-order valence-corrected chi connectivity index (χ3v) is 11.8. The van der Waals surface area contributed by atoms with Crippen molar-refractivity contribution in [3.8, 4) is 0 Å². The minimum Gasteiger partial charge on any atom is -0.294 e. The van der Waals surface area contributed by atoms with E-state index < -0.39 is 144 Å². The van der Waals surface area contributed by atoms with Crippen molar-refractivity contribution in [2.75, 3.05) is 0 Å². The summed E-state index contributed by atoms with van der Waals surface area (Å²) in [6, 6.07) is 12.9. The number of nitrogens with zero attached hydrogens (tertiary/aromatic N) is 1. The van der Waals surface area contributed by atoms with Gasteiger partial charge in [-0.1, -0.05) is 88.6 Å². The molecule has 5 aromatic carbocycles. The lowest BCUT2D eigenvalue weighted by molar-refractivity contribution is -0.683. The standard InChI is InChI=1S/C25H34NO2.C24BF20/c1-2-3-4-5-6-7-8-9-13-16-24(27)23-17-19-26(20-18-23)21-25(28)22-14-11-10-12-15-22;26-5-1(6(27)14(35)21(42)13(5)34)25(2-7(28)15(36)22(43)16(37)8(2)29,3-9(30)17(38)23(44)18(39)10(3)31)4-11(32)19(40)24(45)20(41)12(4)33/h10-12,14-15,17-20H,2-9,13,16,21H2,1H3;/q+1;-1. The number of unbranched alkanes of at least 4 members (excludes halogenated alkanes) is 8. The highest BCUT2D eigenvalue weighted by molar-refractivity contribution is 7.20. The molecule has 0 unspecified atom stereocenters. The molecule has 0 amide bonds. The van der Waals surface area contributed by atoms with Crippen LogP contribution in [0.25, 0.3) is 0 Å². The van der Waals surface area contributed by atoms with Gasteiger partial charge in [-0.3, -0.25) is 9.59 Å². The fourth-order valence-corrected chi connectivity index (χ4v) is 8.24. The minimum absolute atomic E-state index is 0.0689. The quantitative estimate of drug-likeness (QED) is 0.0164. The normalized spacial score (nSPS) is 11.5. The van der Waals surface area contributed by atoms with E-state index in [-0.39, 0.29) is 18.1 Å². The topological polar surface area (TPSA) is 38.0 Å². The molecule has 1 heterocycles. The Morgan fingerprint density at radius 1 is 0.342 bits per heavy atom. The molecule has 0 aliphatic rings. The van der Waals surface area contributed by atoms with Crippen molar-refractivity contribution in [1.82, 2.24) is 0 Å². The summed E-state index contributed by atoms with van der Waals surface area (Å²) in [5.41, 5.74) is -12.9. The van der Waals surface area contributed by atoms with Crippen LogP contribution < -0.4 is 26.4 Å². The van der Waals surface area contributed by atoms with Crippen molar-refractivity contribution in [3.05, 3.63) is 182 Å². The maximum atomic E-state index is 15.4. The summed E-state index contributed by atoms with van der Waals surface area (Å²) >= 11 is 0. The van der Waals surface area contributed by atoms with E-state index in [9.17, 15) is 62.3 Å². The Morgan fingerprint density at radius 3 is 0.904 bits per heavy atom. The predicted molar refractivity (Wildman–Crippen MR) is 223 cm³/mol. The van der Waals surface area contributed by atoms with Gasteiger partial charge < -0.3 is 0 Å². The SMILES string of the molecule is CCCCCCCCCCCC(=O)c1cc[n+](CC(=O)c2ccccc2)cc1.Fc1c(F)c(F)c([B-](c2c(F)c(F)c(F)c(F)c2F)(c2c(F)c(F)c(F)c(F)c2F)c2c(F)c(F)c(F)c(F)c2F)c(F)c1F. The number of ketones is 2. The number of benzene rings is 5. The first-order valence-electron chi connectivity index (χ1n) is 21.7. The third-order valence-electron chi connectivity index (χ3n) is 11.8. The average Bonchev–Trinajstić information content (AvgIpc) is 3.38. The lowest BCUT2D eigenvalue weighted by Gasteiger charge is -2.44. The van der Waals surface area contributed by atoms with Gasteiger partial charge in [-0.05, 0) is 6.42 Å². The second-order valence-corrected chi connectivity index (χ2v) is 16.4. The second kappa shape index (κ2) is 23.9. The van der Waals surface area contributed by atoms with Crippen LogP contribution in [0.5, 0.6) is 0 Å². The van der Waals surface area contributed by atoms with Crippen molar-refractivity contribution in [1.29, 1.82) is 0 Å². The van der Waals surface area contributed by atoms with Gasteiger partial charge in [0.05, 0.1) is 0 Å². The molecule has 0 bridgehead atoms. The zero-order valence-corrected chi connectivity index (χ0v) is 37.4. The van der Waals surface area contributed by atoms with Gasteiger partial charge in [0.1, 0.15) is 52.7 Å². The van der Waals surface area contributed by atoms with Crippen molar-refractivity contribution in [3.63, 3.8) is 0 Å². The smallest absolute Gasteiger partial charge is 0.227 e. The van der Waals surface area contributed by atoms with Crippen LogP contribution in [0.4, 0.5) is 87.8 Å². The molecule has 0 saturated carbocycles. The summed E-state index contributed by atoms with van der Waals surface area (Å²) in [6.07, 6.45) is 8.36. The Morgan fingerprint density at radius 2 is 0.603 bits per heavy atom. The lowest BCUT2D eigenvalue weighted by Crippen LogP contribution is -2.81. The van der Waals surface area contributed by atoms with Crippen molar-refractivity contribution in [2.24, 2.45) is 0 Å². The number of pyridine rings is 1. The average molecular weight is 1060 g/mol. The molecule has 6 rings (SSSR count). The Balaban J connectivity index is 0.000000303. The Labute approximate surface area is 401 Å². The summed E-state index contributed by atoms with van der Waals surface area (Å²) < 4.78 is 296. The zero-order chi connectivity index (χ0) is 54.4. The van der Waals surface area contributed by atoms with Crippen LogP contribution in [0.15, 0.2) is 54.9 Å². The molecule has 0 spiro atoms. The first kappa shape index (κ1) is 57.2. The number of hydrogen-bond acceptors (Lipinski definition) is 2. The van der Waals surface area contributed by atoms with E-state index in [0.717, 1.165) is 18.4 Å². The van der Waals surface area contributed by atoms with Gasteiger partial charge in [0.15, 0.2) is 88.0 Å². The number of carbonyl (C=O) groups is 2. The molecular formula is C49H34BF20NO2. The summed E-state index contributed by atoms with van der Waals surface area (Å²) in [7, 11) is 0. The van der Waals surface area contributed by atoms with E-state index in [1.54, 1.807) is 0 Å². The third kappa shape index (κ3) is 11.0. The first-order valence-corrected chi connectivity index (χ1v) is 21.7. The fraction of sp³-hybridized carbons (Fsp3) is 0.245. The molecule has 0 atom stereocenters. The van der Waals surface area contributed by atoms with Crippen LogP contribution in [-0.2, 0) is 6.54 Å². The molecule has 0 N–H and O–H groups in total. The molecule has 24 heteroatoms. The highest BCUT2D eigenvalue weighted by atomic mass is 19.2. The van der Waals surface area contributed by atoms with Crippen LogP contribution in [0.3, 0.4) is 0 Å². The number of carbonyl (C=O) groups excluding carboxylic acids is 2. The van der Waals surface area contributed by atoms with Gasteiger partial charge in [-0.25, -0.2) is 87.8 Å². The molecule has 6 aromatic rings. The number of rotatable bonds is 18. The van der Waals surface area contributed by atoms with Gasteiger partial charge in [0.25, 0.3) is 0 Å². The molecule has 1 aromatic heterocycles. The van der Waals surface area contributed by atoms with Gasteiger partial charge in [-0.2, -0.15) is 4.57 Å². The number of halogens is 20. The number of hydrogen-bond donors (Lipinski definition) is 0. The summed E-state index contributed by atoms with van der Waals surface area (Å²) in [4.78, 5) is 24.6. The van der Waals surface area contributed by atoms with Gasteiger partial charge >= 0.3 is 0 Å². The van der Waals surface area contributed by atoms with Crippen molar-refractivity contribution in [2.45, 2.75) is 77.7 Å². The predicted octanol–water partition coefficient (Wildman–Crippen LogP) is 11.8. The van der Waals surface area contributed by atoms with E-state index in [0.29, 0.717) is 12.0 Å². The van der Waals surface area contributed by atoms with Gasteiger partial charge in [-0.15, -0.1) is 21.9 Å². The zero-order valence-electron chi connectivity index (χ0n) is 37.4. The van der Waals surface area contributed by atoms with E-state index >= 15 is 35.1 Å². The van der Waals surface area contributed by atoms with Crippen molar-refractivity contribution < 1.29 is 102 Å². The molecule has 3 nitrogen and oxygen atoms in total. The molecule has 390 valence electrons. The van der Waals surface area contributed by atoms with Gasteiger partial charge in [0, 0.05) is 29.7 Å². The monoisotopic (exact) mass is 1060 g/mol. The van der Waals surface area contributed by atoms with Crippen LogP contribution in [0.2, 0.25) is 0 Å². The van der Waals surface area contributed by atoms with Crippen LogP contribution >= 0.6 is 0 Å². The molecule has 0 aliphatic heterocycles. The maximum Gasteiger partial charge on any atom is 0.227 e. The Hall–Kier alpha value is -6.75. The van der Waals surface area contributed by atoms with Crippen LogP contribution in [-0.4, -0.2) is 17.7 Å². The maximum absolute atomic E-state index is 15.4.